The summed E-state index contributed by atoms with van der Waals surface area (Å²) in [6.45, 7) is 0. The molecule has 0 N–H and O–H groups in total. The molecule has 3 aliphatic rings. The van der Waals surface area contributed by atoms with Gasteiger partial charge in [-0.25, -0.2) is 0 Å². The second-order valence-corrected chi connectivity index (χ2v) is 6.90. The van der Waals surface area contributed by atoms with Gasteiger partial charge in [0.25, 0.3) is 0 Å². The fourth-order valence-corrected chi connectivity index (χ4v) is 4.51. The lowest BCUT2D eigenvalue weighted by atomic mass is 9.78. The van der Waals surface area contributed by atoms with E-state index in [1.165, 1.54) is 19.3 Å². The summed E-state index contributed by atoms with van der Waals surface area (Å²) in [7, 11) is 0. The van der Waals surface area contributed by atoms with Crippen LogP contribution in [-0.4, -0.2) is 11.4 Å². The number of ketones is 1. The van der Waals surface area contributed by atoms with E-state index in [0.29, 0.717) is 12.3 Å². The smallest absolute Gasteiger partial charge is 0.170 e. The van der Waals surface area contributed by atoms with Crippen molar-refractivity contribution >= 4 is 21.7 Å². The van der Waals surface area contributed by atoms with E-state index in [9.17, 15) is 4.79 Å². The predicted molar refractivity (Wildman–Crippen MR) is 71.9 cm³/mol. The third kappa shape index (κ3) is 1.43. The lowest BCUT2D eigenvalue weighted by Crippen LogP contribution is -2.46. The first kappa shape index (κ1) is 11.0. The van der Waals surface area contributed by atoms with E-state index >= 15 is 0 Å². The van der Waals surface area contributed by atoms with Gasteiger partial charge in [-0.05, 0) is 55.7 Å². The molecule has 1 aromatic carbocycles. The molecule has 3 atom stereocenters. The molecule has 0 saturated heterocycles. The third-order valence-electron chi connectivity index (χ3n) is 4.94. The molecule has 1 spiro atoms. The minimum absolute atomic E-state index is 0.173. The van der Waals surface area contributed by atoms with Crippen LogP contribution in [0, 0.1) is 11.8 Å². The van der Waals surface area contributed by atoms with Crippen LogP contribution < -0.4 is 4.74 Å². The molecular formula is C15H15BrO2. The quantitative estimate of drug-likeness (QED) is 0.725. The van der Waals surface area contributed by atoms with Crippen molar-refractivity contribution < 1.29 is 9.53 Å². The maximum absolute atomic E-state index is 12.3. The van der Waals surface area contributed by atoms with Crippen LogP contribution in [0.4, 0.5) is 0 Å². The molecule has 4 rings (SSSR count). The van der Waals surface area contributed by atoms with Gasteiger partial charge in [-0.15, -0.1) is 0 Å². The molecule has 3 unspecified atom stereocenters. The monoisotopic (exact) mass is 306 g/mol. The summed E-state index contributed by atoms with van der Waals surface area (Å²) in [6, 6.07) is 5.74. The van der Waals surface area contributed by atoms with Crippen LogP contribution in [0.2, 0.25) is 0 Å². The van der Waals surface area contributed by atoms with Crippen LogP contribution in [-0.2, 0) is 0 Å². The molecular weight excluding hydrogens is 292 g/mol. The molecule has 0 radical (unpaired) electrons. The van der Waals surface area contributed by atoms with Crippen molar-refractivity contribution in [2.75, 3.05) is 0 Å². The Morgan fingerprint density at radius 1 is 1.33 bits per heavy atom. The van der Waals surface area contributed by atoms with Crippen molar-refractivity contribution in [2.45, 2.75) is 37.7 Å². The van der Waals surface area contributed by atoms with Gasteiger partial charge >= 0.3 is 0 Å². The van der Waals surface area contributed by atoms with Crippen molar-refractivity contribution in [3.05, 3.63) is 28.2 Å². The standard InChI is InChI=1S/C15H15BrO2/c16-11-3-4-12-13(17)8-15(18-14(12)6-11)7-9-1-2-10(15)5-9/h3-4,6,9-10H,1-2,5,7-8H2. The summed E-state index contributed by atoms with van der Waals surface area (Å²) >= 11 is 3.46. The Morgan fingerprint density at radius 3 is 2.94 bits per heavy atom. The van der Waals surface area contributed by atoms with E-state index in [4.69, 9.17) is 4.74 Å². The van der Waals surface area contributed by atoms with Gasteiger partial charge in [0.15, 0.2) is 5.78 Å². The van der Waals surface area contributed by atoms with E-state index in [2.05, 4.69) is 15.9 Å². The number of rotatable bonds is 0. The number of carbonyl (C=O) groups is 1. The molecule has 94 valence electrons. The highest BCUT2D eigenvalue weighted by molar-refractivity contribution is 9.10. The minimum Gasteiger partial charge on any atom is -0.486 e. The highest BCUT2D eigenvalue weighted by atomic mass is 79.9. The first-order chi connectivity index (χ1) is 8.66. The number of ether oxygens (including phenoxy) is 1. The van der Waals surface area contributed by atoms with E-state index in [1.54, 1.807) is 0 Å². The zero-order chi connectivity index (χ0) is 12.3. The Labute approximate surface area is 115 Å². The molecule has 2 fully saturated rings. The molecule has 18 heavy (non-hydrogen) atoms. The van der Waals surface area contributed by atoms with E-state index < -0.39 is 0 Å². The normalized spacial score (nSPS) is 36.8. The van der Waals surface area contributed by atoms with Crippen molar-refractivity contribution in [2.24, 2.45) is 11.8 Å². The highest BCUT2D eigenvalue weighted by Gasteiger charge is 2.55. The SMILES string of the molecule is O=C1CC2(CC3CCC2C3)Oc2cc(Br)ccc21. The number of fused-ring (bicyclic) bond motifs is 4. The summed E-state index contributed by atoms with van der Waals surface area (Å²) in [6.07, 6.45) is 5.49. The Hall–Kier alpha value is -0.830. The lowest BCUT2D eigenvalue weighted by Gasteiger charge is -2.41. The predicted octanol–water partition coefficient (Wildman–Crippen LogP) is 3.97. The Kier molecular flexibility index (Phi) is 2.20. The summed E-state index contributed by atoms with van der Waals surface area (Å²) in [5.41, 5.74) is 0.583. The van der Waals surface area contributed by atoms with Gasteiger partial charge in [-0.1, -0.05) is 15.9 Å². The first-order valence-electron chi connectivity index (χ1n) is 6.68. The number of benzene rings is 1. The fourth-order valence-electron chi connectivity index (χ4n) is 4.17. The average Bonchev–Trinajstić information content (AvgIpc) is 2.88. The third-order valence-corrected chi connectivity index (χ3v) is 5.43. The maximum Gasteiger partial charge on any atom is 0.170 e. The van der Waals surface area contributed by atoms with Crippen LogP contribution in [0.25, 0.3) is 0 Å². The van der Waals surface area contributed by atoms with E-state index in [-0.39, 0.29) is 11.4 Å². The molecule has 2 saturated carbocycles. The molecule has 1 aliphatic heterocycles. The van der Waals surface area contributed by atoms with Gasteiger partial charge in [-0.2, -0.15) is 0 Å². The number of halogens is 1. The molecule has 0 aromatic heterocycles. The van der Waals surface area contributed by atoms with Crippen molar-refractivity contribution in [3.63, 3.8) is 0 Å². The van der Waals surface area contributed by atoms with Crippen molar-refractivity contribution in [3.8, 4) is 5.75 Å². The Balaban J connectivity index is 1.77. The molecule has 2 bridgehead atoms. The molecule has 1 heterocycles. The Bertz CT molecular complexity index is 539. The molecule has 2 aliphatic carbocycles. The first-order valence-corrected chi connectivity index (χ1v) is 7.47. The lowest BCUT2D eigenvalue weighted by molar-refractivity contribution is -0.000536. The second-order valence-electron chi connectivity index (χ2n) is 5.99. The molecule has 0 amide bonds. The van der Waals surface area contributed by atoms with Crippen molar-refractivity contribution in [1.29, 1.82) is 0 Å². The van der Waals surface area contributed by atoms with Crippen LogP contribution in [0.15, 0.2) is 22.7 Å². The van der Waals surface area contributed by atoms with Crippen LogP contribution in [0.1, 0.15) is 42.5 Å². The number of carbonyl (C=O) groups excluding carboxylic acids is 1. The maximum atomic E-state index is 12.3. The Morgan fingerprint density at radius 2 is 2.22 bits per heavy atom. The molecule has 2 nitrogen and oxygen atoms in total. The van der Waals surface area contributed by atoms with Gasteiger partial charge in [0.1, 0.15) is 11.4 Å². The van der Waals surface area contributed by atoms with Gasteiger partial charge < -0.3 is 4.74 Å². The highest BCUT2D eigenvalue weighted by Crippen LogP contribution is 2.56. The average molecular weight is 307 g/mol. The summed E-state index contributed by atoms with van der Waals surface area (Å²) in [4.78, 5) is 12.3. The van der Waals surface area contributed by atoms with Gasteiger partial charge in [-0.3, -0.25) is 4.79 Å². The van der Waals surface area contributed by atoms with Gasteiger partial charge in [0.05, 0.1) is 12.0 Å². The number of hydrogen-bond acceptors (Lipinski definition) is 2. The number of hydrogen-bond donors (Lipinski definition) is 0. The van der Waals surface area contributed by atoms with E-state index in [1.807, 2.05) is 18.2 Å². The topological polar surface area (TPSA) is 26.3 Å². The number of Topliss-reactive ketones (excluding diaryl/α,β-unsaturated/α-hetero) is 1. The minimum atomic E-state index is -0.173. The van der Waals surface area contributed by atoms with Crippen molar-refractivity contribution in [1.82, 2.24) is 0 Å². The summed E-state index contributed by atoms with van der Waals surface area (Å²) < 4.78 is 7.30. The van der Waals surface area contributed by atoms with Crippen LogP contribution in [0.3, 0.4) is 0 Å². The van der Waals surface area contributed by atoms with Crippen LogP contribution in [0.5, 0.6) is 5.75 Å². The summed E-state index contributed by atoms with van der Waals surface area (Å²) in [5.74, 6) is 2.43. The largest absolute Gasteiger partial charge is 0.486 e. The van der Waals surface area contributed by atoms with Gasteiger partial charge in [0.2, 0.25) is 0 Å². The van der Waals surface area contributed by atoms with E-state index in [0.717, 1.165) is 28.1 Å². The zero-order valence-electron chi connectivity index (χ0n) is 10.1. The second kappa shape index (κ2) is 3.60. The summed E-state index contributed by atoms with van der Waals surface area (Å²) in [5, 5.41) is 0. The molecule has 3 heteroatoms. The fraction of sp³-hybridized carbons (Fsp3) is 0.533. The zero-order valence-corrected chi connectivity index (χ0v) is 11.7. The van der Waals surface area contributed by atoms with Gasteiger partial charge in [0, 0.05) is 4.47 Å². The van der Waals surface area contributed by atoms with Crippen LogP contribution >= 0.6 is 15.9 Å². The molecule has 1 aromatic rings.